The van der Waals surface area contributed by atoms with Gasteiger partial charge in [-0.2, -0.15) is 0 Å². The highest BCUT2D eigenvalue weighted by atomic mass is 35.5. The Labute approximate surface area is 115 Å². The van der Waals surface area contributed by atoms with Crippen molar-refractivity contribution in [2.45, 2.75) is 39.2 Å². The number of alkyl halides is 1. The molecular weight excluding hydrogens is 246 g/mol. The van der Waals surface area contributed by atoms with Crippen molar-refractivity contribution >= 4 is 17.5 Å². The number of benzene rings is 1. The molecule has 1 aromatic carbocycles. The minimum absolute atomic E-state index is 0.0159. The molecule has 0 radical (unpaired) electrons. The summed E-state index contributed by atoms with van der Waals surface area (Å²) >= 11 is 5.94. The van der Waals surface area contributed by atoms with Crippen molar-refractivity contribution in [2.75, 3.05) is 5.88 Å². The molecular formula is C15H22ClNO. The van der Waals surface area contributed by atoms with Crippen molar-refractivity contribution in [3.8, 4) is 0 Å². The summed E-state index contributed by atoms with van der Waals surface area (Å²) in [7, 11) is 0. The van der Waals surface area contributed by atoms with Crippen LogP contribution in [0.2, 0.25) is 0 Å². The van der Waals surface area contributed by atoms with E-state index in [1.54, 1.807) is 0 Å². The van der Waals surface area contributed by atoms with Crippen LogP contribution in [0, 0.1) is 5.92 Å². The number of rotatable bonds is 7. The third kappa shape index (κ3) is 4.69. The summed E-state index contributed by atoms with van der Waals surface area (Å²) in [6.45, 7) is 4.08. The minimum Gasteiger partial charge on any atom is -0.352 e. The molecule has 0 saturated heterocycles. The van der Waals surface area contributed by atoms with Crippen LogP contribution in [-0.2, 0) is 11.2 Å². The molecule has 0 saturated carbocycles. The summed E-state index contributed by atoms with van der Waals surface area (Å²) in [4.78, 5) is 12.0. The maximum Gasteiger partial charge on any atom is 0.223 e. The molecule has 0 aliphatic rings. The first-order valence-corrected chi connectivity index (χ1v) is 7.14. The van der Waals surface area contributed by atoms with Crippen LogP contribution in [0.5, 0.6) is 0 Å². The fourth-order valence-electron chi connectivity index (χ4n) is 2.02. The van der Waals surface area contributed by atoms with Crippen LogP contribution in [-0.4, -0.2) is 17.8 Å². The molecule has 0 spiro atoms. The van der Waals surface area contributed by atoms with E-state index in [1.165, 1.54) is 5.56 Å². The molecule has 3 heteroatoms. The molecule has 2 nitrogen and oxygen atoms in total. The van der Waals surface area contributed by atoms with Crippen LogP contribution in [0.3, 0.4) is 0 Å². The van der Waals surface area contributed by atoms with E-state index in [0.29, 0.717) is 5.88 Å². The van der Waals surface area contributed by atoms with E-state index in [4.69, 9.17) is 11.6 Å². The third-order valence-corrected chi connectivity index (χ3v) is 3.59. The van der Waals surface area contributed by atoms with Crippen molar-refractivity contribution in [1.29, 1.82) is 0 Å². The van der Waals surface area contributed by atoms with E-state index in [-0.39, 0.29) is 17.9 Å². The third-order valence-electron chi connectivity index (χ3n) is 3.21. The van der Waals surface area contributed by atoms with E-state index in [2.05, 4.69) is 17.4 Å². The van der Waals surface area contributed by atoms with E-state index < -0.39 is 0 Å². The highest BCUT2D eigenvalue weighted by Gasteiger charge is 2.18. The fraction of sp³-hybridized carbons (Fsp3) is 0.533. The molecule has 0 fully saturated rings. The lowest BCUT2D eigenvalue weighted by atomic mass is 10.0. The van der Waals surface area contributed by atoms with Gasteiger partial charge in [0.25, 0.3) is 0 Å². The quantitative estimate of drug-likeness (QED) is 0.754. The van der Waals surface area contributed by atoms with Gasteiger partial charge in [0, 0.05) is 17.8 Å². The van der Waals surface area contributed by atoms with Gasteiger partial charge in [-0.05, 0) is 24.8 Å². The van der Waals surface area contributed by atoms with Crippen LogP contribution < -0.4 is 5.32 Å². The number of hydrogen-bond donors (Lipinski definition) is 1. The van der Waals surface area contributed by atoms with Crippen LogP contribution in [0.15, 0.2) is 30.3 Å². The maximum absolute atomic E-state index is 12.0. The first-order chi connectivity index (χ1) is 8.71. The number of carbonyl (C=O) groups excluding carboxylic acids is 1. The average molecular weight is 268 g/mol. The van der Waals surface area contributed by atoms with E-state index >= 15 is 0 Å². The van der Waals surface area contributed by atoms with E-state index in [0.717, 1.165) is 19.3 Å². The Morgan fingerprint density at radius 1 is 1.22 bits per heavy atom. The first kappa shape index (κ1) is 15.0. The molecule has 1 rings (SSSR count). The second-order valence-electron chi connectivity index (χ2n) is 4.56. The Morgan fingerprint density at radius 2 is 1.83 bits per heavy atom. The molecule has 0 aliphatic heterocycles. The van der Waals surface area contributed by atoms with Crippen molar-refractivity contribution in [1.82, 2.24) is 5.32 Å². The van der Waals surface area contributed by atoms with E-state index in [9.17, 15) is 4.79 Å². The van der Waals surface area contributed by atoms with Crippen LogP contribution in [0.4, 0.5) is 0 Å². The highest BCUT2D eigenvalue weighted by Crippen LogP contribution is 2.10. The monoisotopic (exact) mass is 267 g/mol. The fourth-order valence-corrected chi connectivity index (χ4v) is 2.21. The molecule has 1 amide bonds. The zero-order valence-corrected chi connectivity index (χ0v) is 11.9. The summed E-state index contributed by atoms with van der Waals surface area (Å²) in [5, 5.41) is 3.05. The Bertz CT molecular complexity index is 349. The molecule has 0 bridgehead atoms. The van der Waals surface area contributed by atoms with Gasteiger partial charge in [0.05, 0.1) is 0 Å². The van der Waals surface area contributed by atoms with Gasteiger partial charge in [0.1, 0.15) is 0 Å². The highest BCUT2D eigenvalue weighted by molar-refractivity contribution is 6.18. The van der Waals surface area contributed by atoms with Crippen molar-refractivity contribution in [2.24, 2.45) is 5.92 Å². The topological polar surface area (TPSA) is 29.1 Å². The number of halogens is 1. The van der Waals surface area contributed by atoms with Crippen LogP contribution in [0.1, 0.15) is 32.3 Å². The summed E-state index contributed by atoms with van der Waals surface area (Å²) in [5.74, 6) is 0.675. The Balaban J connectivity index is 2.54. The molecule has 1 N–H and O–H groups in total. The van der Waals surface area contributed by atoms with Crippen LogP contribution in [0.25, 0.3) is 0 Å². The predicted octanol–water partition coefficient (Wildman–Crippen LogP) is 3.39. The zero-order valence-electron chi connectivity index (χ0n) is 11.2. The summed E-state index contributed by atoms with van der Waals surface area (Å²) in [6, 6.07) is 10.1. The second kappa shape index (κ2) is 8.15. The maximum atomic E-state index is 12.0. The van der Waals surface area contributed by atoms with Crippen LogP contribution >= 0.6 is 11.6 Å². The number of amides is 1. The summed E-state index contributed by atoms with van der Waals surface area (Å²) in [5.41, 5.74) is 1.20. The van der Waals surface area contributed by atoms with E-state index in [1.807, 2.05) is 32.0 Å². The Kier molecular flexibility index (Phi) is 6.81. The van der Waals surface area contributed by atoms with Crippen molar-refractivity contribution < 1.29 is 4.79 Å². The number of hydrogen-bond acceptors (Lipinski definition) is 1. The SMILES string of the molecule is CCC(CC)C(=O)N[C@H](CCl)Cc1ccccc1. The molecule has 0 unspecified atom stereocenters. The molecule has 0 aliphatic carbocycles. The molecule has 0 aromatic heterocycles. The average Bonchev–Trinajstić information content (AvgIpc) is 2.40. The van der Waals surface area contributed by atoms with Gasteiger partial charge in [-0.25, -0.2) is 0 Å². The van der Waals surface area contributed by atoms with Gasteiger partial charge >= 0.3 is 0 Å². The smallest absolute Gasteiger partial charge is 0.223 e. The molecule has 1 aromatic rings. The van der Waals surface area contributed by atoms with Gasteiger partial charge in [0.15, 0.2) is 0 Å². The zero-order chi connectivity index (χ0) is 13.4. The lowest BCUT2D eigenvalue weighted by Gasteiger charge is -2.20. The largest absolute Gasteiger partial charge is 0.352 e. The van der Waals surface area contributed by atoms with Crippen molar-refractivity contribution in [3.63, 3.8) is 0 Å². The standard InChI is InChI=1S/C15H22ClNO/c1-3-13(4-2)15(18)17-14(11-16)10-12-8-6-5-7-9-12/h5-9,13-14H,3-4,10-11H2,1-2H3,(H,17,18)/t14-/m0/s1. The Morgan fingerprint density at radius 3 is 2.33 bits per heavy atom. The summed E-state index contributed by atoms with van der Waals surface area (Å²) in [6.07, 6.45) is 2.54. The number of nitrogens with one attached hydrogen (secondary N) is 1. The van der Waals surface area contributed by atoms with Gasteiger partial charge in [0.2, 0.25) is 5.91 Å². The molecule has 100 valence electrons. The van der Waals surface area contributed by atoms with Gasteiger partial charge in [-0.15, -0.1) is 11.6 Å². The minimum atomic E-state index is 0.0159. The normalized spacial score (nSPS) is 12.4. The molecule has 1 atom stereocenters. The molecule has 18 heavy (non-hydrogen) atoms. The first-order valence-electron chi connectivity index (χ1n) is 6.61. The Hall–Kier alpha value is -1.02. The molecule has 0 heterocycles. The number of carbonyl (C=O) groups is 1. The van der Waals surface area contributed by atoms with Gasteiger partial charge in [-0.3, -0.25) is 4.79 Å². The lowest BCUT2D eigenvalue weighted by Crippen LogP contribution is -2.41. The summed E-state index contributed by atoms with van der Waals surface area (Å²) < 4.78 is 0. The van der Waals surface area contributed by atoms with Gasteiger partial charge < -0.3 is 5.32 Å². The van der Waals surface area contributed by atoms with Crippen molar-refractivity contribution in [3.05, 3.63) is 35.9 Å². The van der Waals surface area contributed by atoms with Gasteiger partial charge in [-0.1, -0.05) is 44.2 Å². The predicted molar refractivity (Wildman–Crippen MR) is 76.9 cm³/mol. The second-order valence-corrected chi connectivity index (χ2v) is 4.87. The lowest BCUT2D eigenvalue weighted by molar-refractivity contribution is -0.125.